The molecule has 0 aliphatic carbocycles. The van der Waals surface area contributed by atoms with Crippen LogP contribution in [0.4, 0.5) is 0 Å². The van der Waals surface area contributed by atoms with Crippen molar-refractivity contribution >= 4 is 28.8 Å². The van der Waals surface area contributed by atoms with Gasteiger partial charge in [-0.2, -0.15) is 5.10 Å². The number of nitrogens with zero attached hydrogens (tertiary/aromatic N) is 2. The van der Waals surface area contributed by atoms with Gasteiger partial charge < -0.3 is 5.73 Å². The normalized spacial score (nSPS) is 10.8. The van der Waals surface area contributed by atoms with E-state index >= 15 is 0 Å². The van der Waals surface area contributed by atoms with Crippen molar-refractivity contribution < 1.29 is 0 Å². The third-order valence-electron chi connectivity index (χ3n) is 3.30. The van der Waals surface area contributed by atoms with Crippen molar-refractivity contribution in [3.05, 3.63) is 51.8 Å². The zero-order valence-electron chi connectivity index (χ0n) is 11.7. The summed E-state index contributed by atoms with van der Waals surface area (Å²) in [6.45, 7) is 4.90. The second kappa shape index (κ2) is 6.37. The number of rotatable bonds is 5. The molecule has 2 aromatic rings. The van der Waals surface area contributed by atoms with E-state index in [1.165, 1.54) is 5.69 Å². The average molecular weight is 308 g/mol. The molecule has 3 nitrogen and oxygen atoms in total. The molecule has 0 amide bonds. The van der Waals surface area contributed by atoms with Crippen molar-refractivity contribution in [2.45, 2.75) is 33.2 Å². The van der Waals surface area contributed by atoms with Crippen molar-refractivity contribution in [2.75, 3.05) is 0 Å². The fourth-order valence-corrected chi connectivity index (χ4v) is 2.47. The van der Waals surface area contributed by atoms with E-state index in [0.29, 0.717) is 16.6 Å². The van der Waals surface area contributed by atoms with Crippen LogP contribution >= 0.6 is 23.8 Å². The summed E-state index contributed by atoms with van der Waals surface area (Å²) in [5, 5.41) is 5.27. The van der Waals surface area contributed by atoms with Crippen molar-refractivity contribution in [1.82, 2.24) is 9.78 Å². The van der Waals surface area contributed by atoms with Gasteiger partial charge in [-0.15, -0.1) is 0 Å². The molecule has 2 N–H and O–H groups in total. The van der Waals surface area contributed by atoms with Gasteiger partial charge in [-0.1, -0.05) is 49.8 Å². The highest BCUT2D eigenvalue weighted by molar-refractivity contribution is 7.80. The summed E-state index contributed by atoms with van der Waals surface area (Å²) in [6.07, 6.45) is 1.89. The largest absolute Gasteiger partial charge is 0.389 e. The number of thiocarbonyl (C=S) groups is 1. The molecular formula is C15H18ClN3S. The molecule has 0 atom stereocenters. The van der Waals surface area contributed by atoms with Gasteiger partial charge in [0.15, 0.2) is 0 Å². The first kappa shape index (κ1) is 15.0. The zero-order valence-corrected chi connectivity index (χ0v) is 13.3. The van der Waals surface area contributed by atoms with Crippen molar-refractivity contribution in [3.8, 4) is 0 Å². The van der Waals surface area contributed by atoms with Gasteiger partial charge in [-0.05, 0) is 30.5 Å². The lowest BCUT2D eigenvalue weighted by Gasteiger charge is -2.09. The molecule has 1 heterocycles. The Morgan fingerprint density at radius 1 is 1.30 bits per heavy atom. The Labute approximate surface area is 129 Å². The summed E-state index contributed by atoms with van der Waals surface area (Å²) < 4.78 is 2.01. The van der Waals surface area contributed by atoms with Crippen LogP contribution in [0.25, 0.3) is 0 Å². The van der Waals surface area contributed by atoms with E-state index in [2.05, 4.69) is 25.0 Å². The predicted octanol–water partition coefficient (Wildman–Crippen LogP) is 3.34. The average Bonchev–Trinajstić information content (AvgIpc) is 2.83. The third kappa shape index (κ3) is 3.19. The number of aryl methyl sites for hydroxylation is 2. The zero-order chi connectivity index (χ0) is 14.7. The predicted molar refractivity (Wildman–Crippen MR) is 87.4 cm³/mol. The summed E-state index contributed by atoms with van der Waals surface area (Å²) in [7, 11) is 0. The number of hydrogen-bond donors (Lipinski definition) is 1. The van der Waals surface area contributed by atoms with Crippen LogP contribution in [-0.4, -0.2) is 14.8 Å². The summed E-state index contributed by atoms with van der Waals surface area (Å²) in [5.41, 5.74) is 9.75. The van der Waals surface area contributed by atoms with Crippen molar-refractivity contribution in [3.63, 3.8) is 0 Å². The lowest BCUT2D eigenvalue weighted by atomic mass is 10.1. The van der Waals surface area contributed by atoms with E-state index in [0.717, 1.165) is 29.7 Å². The molecular weight excluding hydrogens is 290 g/mol. The van der Waals surface area contributed by atoms with Crippen LogP contribution in [0.2, 0.25) is 5.02 Å². The van der Waals surface area contributed by atoms with Gasteiger partial charge in [0.2, 0.25) is 0 Å². The lowest BCUT2D eigenvalue weighted by Crippen LogP contribution is -2.10. The molecule has 0 unspecified atom stereocenters. The summed E-state index contributed by atoms with van der Waals surface area (Å²) >= 11 is 11.3. The van der Waals surface area contributed by atoms with Crippen molar-refractivity contribution in [1.29, 1.82) is 0 Å². The fraction of sp³-hybridized carbons (Fsp3) is 0.333. The Morgan fingerprint density at radius 2 is 2.05 bits per heavy atom. The molecule has 0 radical (unpaired) electrons. The van der Waals surface area contributed by atoms with Gasteiger partial charge in [0.1, 0.15) is 4.99 Å². The van der Waals surface area contributed by atoms with Gasteiger partial charge >= 0.3 is 0 Å². The molecule has 20 heavy (non-hydrogen) atoms. The quantitative estimate of drug-likeness (QED) is 0.862. The van der Waals surface area contributed by atoms with Crippen LogP contribution in [-0.2, 0) is 19.4 Å². The number of nitrogens with two attached hydrogens (primary N) is 1. The second-order valence-corrected chi connectivity index (χ2v) is 5.51. The number of aromatic nitrogens is 2. The lowest BCUT2D eigenvalue weighted by molar-refractivity contribution is 0.640. The van der Waals surface area contributed by atoms with Gasteiger partial charge in [0.25, 0.3) is 0 Å². The molecule has 1 aromatic carbocycles. The molecule has 0 bridgehead atoms. The number of halogens is 1. The molecule has 1 aromatic heterocycles. The van der Waals surface area contributed by atoms with E-state index in [-0.39, 0.29) is 0 Å². The second-order valence-electron chi connectivity index (χ2n) is 4.66. The molecule has 0 fully saturated rings. The monoisotopic (exact) mass is 307 g/mol. The maximum Gasteiger partial charge on any atom is 0.104 e. The minimum atomic E-state index is 0.361. The molecule has 0 saturated heterocycles. The minimum absolute atomic E-state index is 0.361. The van der Waals surface area contributed by atoms with Crippen LogP contribution in [0.5, 0.6) is 0 Å². The third-order valence-corrected chi connectivity index (χ3v) is 3.88. The molecule has 0 aliphatic heterocycles. The fourth-order valence-electron chi connectivity index (χ4n) is 2.10. The number of hydrogen-bond acceptors (Lipinski definition) is 2. The van der Waals surface area contributed by atoms with Gasteiger partial charge in [-0.3, -0.25) is 4.68 Å². The molecule has 2 rings (SSSR count). The first-order valence-corrected chi connectivity index (χ1v) is 7.47. The molecule has 106 valence electrons. The van der Waals surface area contributed by atoms with E-state index in [1.807, 2.05) is 22.9 Å². The topological polar surface area (TPSA) is 43.8 Å². The van der Waals surface area contributed by atoms with Crippen LogP contribution < -0.4 is 5.73 Å². The van der Waals surface area contributed by atoms with E-state index in [9.17, 15) is 0 Å². The molecule has 5 heteroatoms. The molecule has 0 saturated carbocycles. The minimum Gasteiger partial charge on any atom is -0.389 e. The summed E-state index contributed by atoms with van der Waals surface area (Å²) in [6, 6.07) is 7.83. The van der Waals surface area contributed by atoms with Crippen molar-refractivity contribution in [2.24, 2.45) is 5.73 Å². The van der Waals surface area contributed by atoms with Crippen LogP contribution in [0, 0.1) is 0 Å². The smallest absolute Gasteiger partial charge is 0.104 e. The Balaban J connectivity index is 2.30. The summed E-state index contributed by atoms with van der Waals surface area (Å²) in [4.78, 5) is 0.361. The Kier molecular flexibility index (Phi) is 4.78. The van der Waals surface area contributed by atoms with E-state index in [1.54, 1.807) is 0 Å². The first-order chi connectivity index (χ1) is 9.55. The highest BCUT2D eigenvalue weighted by atomic mass is 35.5. The Hall–Kier alpha value is -1.39. The SMILES string of the molecule is CCc1cc(CC)n(Cc2ccc(C(N)=S)cc2Cl)n1. The maximum atomic E-state index is 6.30. The van der Waals surface area contributed by atoms with E-state index in [4.69, 9.17) is 29.6 Å². The Morgan fingerprint density at radius 3 is 2.60 bits per heavy atom. The van der Waals surface area contributed by atoms with Gasteiger partial charge in [-0.25, -0.2) is 0 Å². The van der Waals surface area contributed by atoms with Gasteiger partial charge in [0.05, 0.1) is 12.2 Å². The first-order valence-electron chi connectivity index (χ1n) is 6.69. The van der Waals surface area contributed by atoms with Crippen LogP contribution in [0.1, 0.15) is 36.4 Å². The standard InChI is InChI=1S/C15H18ClN3S/c1-3-12-8-13(4-2)19(18-12)9-11-6-5-10(15(17)20)7-14(11)16/h5-8H,3-4,9H2,1-2H3,(H2,17,20). The highest BCUT2D eigenvalue weighted by Gasteiger charge is 2.09. The number of benzene rings is 1. The maximum absolute atomic E-state index is 6.30. The van der Waals surface area contributed by atoms with Gasteiger partial charge in [0, 0.05) is 16.3 Å². The summed E-state index contributed by atoms with van der Waals surface area (Å²) in [5.74, 6) is 0. The van der Waals surface area contributed by atoms with Crippen LogP contribution in [0.3, 0.4) is 0 Å². The highest BCUT2D eigenvalue weighted by Crippen LogP contribution is 2.20. The Bertz CT molecular complexity index is 634. The van der Waals surface area contributed by atoms with Crippen LogP contribution in [0.15, 0.2) is 24.3 Å². The van der Waals surface area contributed by atoms with E-state index < -0.39 is 0 Å². The molecule has 0 spiro atoms. The molecule has 0 aliphatic rings.